The van der Waals surface area contributed by atoms with Gasteiger partial charge in [-0.25, -0.2) is 14.2 Å². The Balaban J connectivity index is 0.921. The number of ketones is 1. The van der Waals surface area contributed by atoms with Crippen molar-refractivity contribution in [2.45, 2.75) is 301 Å². The van der Waals surface area contributed by atoms with Gasteiger partial charge in [0.2, 0.25) is 12.0 Å². The van der Waals surface area contributed by atoms with E-state index >= 15 is 9.59 Å². The van der Waals surface area contributed by atoms with Gasteiger partial charge in [-0.2, -0.15) is 0 Å². The van der Waals surface area contributed by atoms with E-state index in [2.05, 4.69) is 17.6 Å². The fraction of sp³-hybridized carbons (Fsp3) is 0.663. The highest BCUT2D eigenvalue weighted by Gasteiger charge is 2.78. The zero-order chi connectivity index (χ0) is 85.4. The Labute approximate surface area is 690 Å². The molecule has 2 saturated carbocycles. The van der Waals surface area contributed by atoms with Crippen molar-refractivity contribution in [3.05, 3.63) is 119 Å². The van der Waals surface area contributed by atoms with Gasteiger partial charge < -0.3 is 68.1 Å². The van der Waals surface area contributed by atoms with Crippen LogP contribution in [0.5, 0.6) is 0 Å². The smallest absolute Gasteiger partial charge is 0.462 e. The molecule has 1 heterocycles. The summed E-state index contributed by atoms with van der Waals surface area (Å²) < 4.78 is 71.9. The second-order valence-corrected chi connectivity index (χ2v) is 35.2. The molecule has 1 saturated heterocycles. The third-order valence-corrected chi connectivity index (χ3v) is 24.3. The van der Waals surface area contributed by atoms with Gasteiger partial charge in [0.1, 0.15) is 49.7 Å². The lowest BCUT2D eigenvalue weighted by molar-refractivity contribution is -0.870. The number of phosphoric acid groups is 1. The van der Waals surface area contributed by atoms with Gasteiger partial charge in [-0.1, -0.05) is 222 Å². The Bertz CT molecular complexity index is 3800. The van der Waals surface area contributed by atoms with Gasteiger partial charge in [0.05, 0.1) is 63.8 Å². The number of hydrogen-bond acceptors (Lipinski definition) is 23. The zero-order valence-corrected chi connectivity index (χ0v) is 71.5. The number of nitrogens with zero attached hydrogens (tertiary/aromatic N) is 1. The number of ether oxygens (including phenoxy) is 8. The van der Waals surface area contributed by atoms with E-state index in [4.69, 9.17) is 46.9 Å². The Kier molecular flexibility index (Phi) is 38.5. The summed E-state index contributed by atoms with van der Waals surface area (Å²) in [4.78, 5) is 151. The van der Waals surface area contributed by atoms with E-state index in [1.54, 1.807) is 66.7 Å². The van der Waals surface area contributed by atoms with Crippen molar-refractivity contribution >= 4 is 67.2 Å². The Morgan fingerprint density at radius 2 is 1.15 bits per heavy atom. The molecule has 117 heavy (non-hydrogen) atoms. The first-order valence-corrected chi connectivity index (χ1v) is 43.9. The highest BCUT2D eigenvalue weighted by molar-refractivity contribution is 7.47. The van der Waals surface area contributed by atoms with Gasteiger partial charge in [-0.15, -0.1) is 0 Å². The van der Waals surface area contributed by atoms with Crippen molar-refractivity contribution < 1.29 is 119 Å². The number of aliphatic hydroxyl groups excluding tert-OH is 1. The molecule has 0 radical (unpaired) electrons. The Hall–Kier alpha value is -7.75. The van der Waals surface area contributed by atoms with Gasteiger partial charge in [-0.05, 0) is 74.1 Å². The fourth-order valence-electron chi connectivity index (χ4n) is 16.6. The quantitative estimate of drug-likeness (QED) is 0.00875. The molecule has 0 spiro atoms. The van der Waals surface area contributed by atoms with Crippen molar-refractivity contribution in [2.75, 3.05) is 60.7 Å². The van der Waals surface area contributed by atoms with E-state index in [9.17, 15) is 58.0 Å². The SMILES string of the molecule is CCCCCCCCCCCCCCCCC(=O)OC[C@H](COP(=O)(O)OCC[N+](C)(C)C)OC(=O)CCCCCCCCCCCCNC(=O)CCC(=O)OC(C(=O)O[C@H]1C[C@@]2(O)C(OC(=O)c3ccccc3)C3[C@](C)(C(=O)[C@H](OC(C)=O)C(=C1C)C2(C)C)[C@@H](O)C[C@H]1OC[C@@]31OC(C)=O)[C@@H](NC(=O)c1ccccc1)c1ccccc1. The number of hydrogen-bond donors (Lipinski definition) is 5. The van der Waals surface area contributed by atoms with Crippen LogP contribution in [-0.4, -0.2) is 194 Å². The van der Waals surface area contributed by atoms with Crippen LogP contribution >= 0.6 is 7.82 Å². The van der Waals surface area contributed by atoms with E-state index in [0.29, 0.717) is 36.8 Å². The average molecular weight is 1660 g/mol. The number of likely N-dealkylation sites (N-methyl/N-ethyl adjacent to an activating group) is 1. The lowest BCUT2D eigenvalue weighted by Crippen LogP contribution is -2.82. The van der Waals surface area contributed by atoms with Crippen LogP contribution in [0, 0.1) is 16.7 Å². The number of rotatable bonds is 52. The Morgan fingerprint density at radius 1 is 0.624 bits per heavy atom. The van der Waals surface area contributed by atoms with E-state index in [1.165, 1.54) is 116 Å². The minimum absolute atomic E-state index is 0.0174. The molecule has 3 aliphatic carbocycles. The second kappa shape index (κ2) is 46.7. The predicted octanol–water partition coefficient (Wildman–Crippen LogP) is 13.6. The molecule has 4 unspecified atom stereocenters. The monoisotopic (exact) mass is 1660 g/mol. The highest BCUT2D eigenvalue weighted by Crippen LogP contribution is 2.65. The van der Waals surface area contributed by atoms with Gasteiger partial charge in [0.25, 0.3) is 5.91 Å². The third-order valence-electron chi connectivity index (χ3n) is 23.3. The summed E-state index contributed by atoms with van der Waals surface area (Å²) in [5.41, 5.74) is -7.86. The minimum Gasteiger partial charge on any atom is -0.462 e. The van der Waals surface area contributed by atoms with Gasteiger partial charge >= 0.3 is 49.6 Å². The lowest BCUT2D eigenvalue weighted by atomic mass is 9.44. The van der Waals surface area contributed by atoms with Crippen molar-refractivity contribution in [3.63, 3.8) is 0 Å². The number of Topliss-reactive ketones (excluding diaryl/α,β-unsaturated/α-hetero) is 1. The molecule has 7 rings (SSSR count). The number of amides is 2. The zero-order valence-electron chi connectivity index (χ0n) is 70.6. The van der Waals surface area contributed by atoms with Gasteiger partial charge in [0, 0.05) is 63.5 Å². The van der Waals surface area contributed by atoms with Crippen molar-refractivity contribution in [1.82, 2.24) is 10.6 Å². The second-order valence-electron chi connectivity index (χ2n) is 33.7. The first kappa shape index (κ1) is 96.4. The van der Waals surface area contributed by atoms with Gasteiger partial charge in [-0.3, -0.25) is 47.4 Å². The molecule has 2 amide bonds. The van der Waals surface area contributed by atoms with Crippen LogP contribution < -0.4 is 10.6 Å². The van der Waals surface area contributed by atoms with E-state index in [1.807, 2.05) is 21.1 Å². The summed E-state index contributed by atoms with van der Waals surface area (Å²) >= 11 is 0. The number of benzene rings is 3. The molecule has 650 valence electrons. The summed E-state index contributed by atoms with van der Waals surface area (Å²) in [5.74, 6) is -9.79. The predicted molar refractivity (Wildman–Crippen MR) is 435 cm³/mol. The first-order valence-electron chi connectivity index (χ1n) is 42.4. The summed E-state index contributed by atoms with van der Waals surface area (Å²) in [5, 5.41) is 32.2. The van der Waals surface area contributed by atoms with Crippen molar-refractivity contribution in [2.24, 2.45) is 16.7 Å². The number of aliphatic hydroxyl groups is 2. The van der Waals surface area contributed by atoms with Crippen LogP contribution in [0.2, 0.25) is 0 Å². The maximum absolute atomic E-state index is 16.0. The third kappa shape index (κ3) is 28.5. The van der Waals surface area contributed by atoms with E-state index in [-0.39, 0.29) is 73.3 Å². The topological polar surface area (TPSA) is 365 Å². The number of esters is 7. The molecule has 3 fully saturated rings. The van der Waals surface area contributed by atoms with Crippen LogP contribution in [0.4, 0.5) is 0 Å². The maximum atomic E-state index is 16.0. The molecule has 4 aliphatic rings. The van der Waals surface area contributed by atoms with E-state index in [0.717, 1.165) is 84.5 Å². The molecule has 1 aliphatic heterocycles. The molecule has 3 aromatic rings. The molecule has 13 atom stereocenters. The summed E-state index contributed by atoms with van der Waals surface area (Å²) in [7, 11) is 1.23. The molecule has 3 aromatic carbocycles. The largest absolute Gasteiger partial charge is 0.472 e. The number of nitrogens with one attached hydrogen (secondary N) is 2. The fourth-order valence-corrected chi connectivity index (χ4v) is 17.3. The highest BCUT2D eigenvalue weighted by atomic mass is 31.2. The van der Waals surface area contributed by atoms with Gasteiger partial charge in [0.15, 0.2) is 23.6 Å². The number of unbranched alkanes of at least 4 members (excludes halogenated alkanes) is 22. The number of carbonyl (C=O) groups is 10. The number of quaternary nitrogens is 1. The van der Waals surface area contributed by atoms with Crippen LogP contribution in [0.3, 0.4) is 0 Å². The number of carbonyl (C=O) groups excluding carboxylic acids is 10. The van der Waals surface area contributed by atoms with Crippen molar-refractivity contribution in [3.8, 4) is 0 Å². The summed E-state index contributed by atoms with van der Waals surface area (Å²) in [6.45, 7) is 9.89. The minimum atomic E-state index is -4.50. The van der Waals surface area contributed by atoms with Crippen LogP contribution in [-0.2, 0) is 89.9 Å². The maximum Gasteiger partial charge on any atom is 0.472 e. The molecule has 0 aromatic heterocycles. The van der Waals surface area contributed by atoms with Crippen LogP contribution in [0.15, 0.2) is 102 Å². The first-order chi connectivity index (χ1) is 55.7. The molecule has 2 bridgehead atoms. The lowest BCUT2D eigenvalue weighted by Gasteiger charge is -2.67. The molecule has 28 heteroatoms. The standard InChI is InChI=1S/C89H130N3O24P/c1-11-12-13-14-15-16-17-18-19-20-23-26-29-41-50-73(97)107-59-68(60-110-117(105,106)109-56-55-92(8,9)10)112-74(98)51-42-30-27-24-21-22-25-28-31-43-54-90-72(96)52-53-75(99)114-79(77(65-44-35-32-36-45-65)91-83(101)66-46-37-33-38-47-66)85(103)113-69-58-89(104)82(115-84(102)67-48-39-34-40-49-67)80-87(7,70(95)57-71-88(80,61-108-71)116-64(4)94)81(100)78(111-63(3)93)76(62(69)2)86(89,5)6/h32-40,44-49,68-71,77-80,82,95,104H,11-31,41-43,50-61H2,1-10H3,(H2-,90,91,96,101,105,106)/p+1/t68-,69+,70+,71-,77+,78-,79?,80?,82?,87-,88+,89-/m1/s1. The molecule has 5 N–H and O–H groups in total. The van der Waals surface area contributed by atoms with Crippen LogP contribution in [0.1, 0.15) is 273 Å². The van der Waals surface area contributed by atoms with E-state index < -0.39 is 163 Å². The van der Waals surface area contributed by atoms with Crippen molar-refractivity contribution in [1.29, 1.82) is 0 Å². The molecular formula is C89H131N3O24P+. The Morgan fingerprint density at radius 3 is 1.68 bits per heavy atom. The van der Waals surface area contributed by atoms with Crippen LogP contribution in [0.25, 0.3) is 0 Å². The molecule has 27 nitrogen and oxygen atoms in total. The number of fused-ring (bicyclic) bond motifs is 5. The summed E-state index contributed by atoms with van der Waals surface area (Å²) in [6.07, 6.45) is 12.1. The molecular weight excluding hydrogens is 1530 g/mol. The summed E-state index contributed by atoms with van der Waals surface area (Å²) in [6, 6.07) is 22.4. The normalized spacial score (nSPS) is 23.2. The average Bonchev–Trinajstić information content (AvgIpc) is 0.668. The number of phosphoric ester groups is 1.